The molecule has 0 atom stereocenters. The number of carbonyl (C=O) groups is 1. The van der Waals surface area contributed by atoms with Crippen LogP contribution in [0.25, 0.3) is 10.6 Å². The molecule has 0 bridgehead atoms. The summed E-state index contributed by atoms with van der Waals surface area (Å²) in [4.78, 5) is 12.3. The summed E-state index contributed by atoms with van der Waals surface area (Å²) >= 11 is 1.07. The van der Waals surface area contributed by atoms with Crippen molar-refractivity contribution in [3.8, 4) is 10.6 Å². The molecule has 2 heterocycles. The molecule has 0 saturated carbocycles. The number of hydrogen-bond acceptors (Lipinski definition) is 7. The van der Waals surface area contributed by atoms with Crippen LogP contribution < -0.4 is 0 Å². The lowest BCUT2D eigenvalue weighted by molar-refractivity contribution is 0.0514. The van der Waals surface area contributed by atoms with Gasteiger partial charge in [-0.05, 0) is 24.6 Å². The van der Waals surface area contributed by atoms with Crippen LogP contribution in [0.2, 0.25) is 0 Å². The van der Waals surface area contributed by atoms with Crippen molar-refractivity contribution in [2.75, 3.05) is 13.2 Å². The Bertz CT molecular complexity index is 1040. The lowest BCUT2D eigenvalue weighted by Gasteiger charge is -2.19. The summed E-state index contributed by atoms with van der Waals surface area (Å²) in [6, 6.07) is 14.1. The minimum Gasteiger partial charge on any atom is -0.461 e. The highest BCUT2D eigenvalue weighted by molar-refractivity contribution is 7.91. The minimum atomic E-state index is -3.66. The first kappa shape index (κ1) is 20.2. The zero-order valence-corrected chi connectivity index (χ0v) is 17.1. The van der Waals surface area contributed by atoms with Crippen molar-refractivity contribution in [1.82, 2.24) is 9.46 Å². The molecule has 7 nitrogen and oxygen atoms in total. The number of hydrogen-bond donors (Lipinski definition) is 0. The molecule has 0 spiro atoms. The fourth-order valence-electron chi connectivity index (χ4n) is 2.56. The van der Waals surface area contributed by atoms with Crippen LogP contribution in [0.3, 0.4) is 0 Å². The molecule has 0 aliphatic rings. The van der Waals surface area contributed by atoms with Gasteiger partial charge in [-0.1, -0.05) is 42.4 Å². The maximum Gasteiger partial charge on any atom is 0.360 e. The van der Waals surface area contributed by atoms with Crippen LogP contribution >= 0.6 is 11.3 Å². The Morgan fingerprint density at radius 2 is 1.93 bits per heavy atom. The third kappa shape index (κ3) is 4.32. The quantitative estimate of drug-likeness (QED) is 0.515. The first-order chi connectivity index (χ1) is 13.5. The summed E-state index contributed by atoms with van der Waals surface area (Å²) in [5, 5.41) is 3.69. The molecule has 0 saturated heterocycles. The van der Waals surface area contributed by atoms with Crippen LogP contribution in [0.4, 0.5) is 0 Å². The van der Waals surface area contributed by atoms with E-state index in [9.17, 15) is 13.2 Å². The van der Waals surface area contributed by atoms with Crippen molar-refractivity contribution in [3.63, 3.8) is 0 Å². The zero-order valence-electron chi connectivity index (χ0n) is 15.5. The molecule has 0 radical (unpaired) electrons. The van der Waals surface area contributed by atoms with E-state index >= 15 is 0 Å². The van der Waals surface area contributed by atoms with Gasteiger partial charge < -0.3 is 9.26 Å². The van der Waals surface area contributed by atoms with Gasteiger partial charge in [0.1, 0.15) is 4.21 Å². The van der Waals surface area contributed by atoms with E-state index in [4.69, 9.17) is 9.26 Å². The average molecular weight is 421 g/mol. The highest BCUT2D eigenvalue weighted by Gasteiger charge is 2.26. The molecular weight excluding hydrogens is 400 g/mol. The lowest BCUT2D eigenvalue weighted by atomic mass is 10.2. The molecule has 0 aliphatic heterocycles. The first-order valence-corrected chi connectivity index (χ1v) is 11.0. The maximum atomic E-state index is 13.0. The molecular formula is C19H20N2O5S2. The Hall–Kier alpha value is -2.49. The third-order valence-corrected chi connectivity index (χ3v) is 7.46. The van der Waals surface area contributed by atoms with Gasteiger partial charge in [0.05, 0.1) is 11.5 Å². The van der Waals surface area contributed by atoms with Gasteiger partial charge >= 0.3 is 5.97 Å². The summed E-state index contributed by atoms with van der Waals surface area (Å²) in [7, 11) is -3.66. The van der Waals surface area contributed by atoms with Gasteiger partial charge in [-0.2, -0.15) is 4.31 Å². The van der Waals surface area contributed by atoms with E-state index in [0.29, 0.717) is 23.7 Å². The number of ether oxygens (including phenoxy) is 1. The fraction of sp³-hybridized carbons (Fsp3) is 0.263. The molecule has 0 N–H and O–H groups in total. The Morgan fingerprint density at radius 3 is 2.61 bits per heavy atom. The van der Waals surface area contributed by atoms with Crippen molar-refractivity contribution in [2.45, 2.75) is 24.6 Å². The van der Waals surface area contributed by atoms with Crippen LogP contribution in [0.5, 0.6) is 0 Å². The summed E-state index contributed by atoms with van der Waals surface area (Å²) in [6.07, 6.45) is 0. The van der Waals surface area contributed by atoms with E-state index in [0.717, 1.165) is 16.9 Å². The predicted octanol–water partition coefficient (Wildman–Crippen LogP) is 3.79. The highest BCUT2D eigenvalue weighted by Crippen LogP contribution is 2.33. The molecule has 2 aromatic heterocycles. The average Bonchev–Trinajstić information content (AvgIpc) is 3.36. The van der Waals surface area contributed by atoms with Gasteiger partial charge in [0.15, 0.2) is 11.5 Å². The third-order valence-electron chi connectivity index (χ3n) is 3.97. The molecule has 3 rings (SSSR count). The van der Waals surface area contributed by atoms with Gasteiger partial charge in [-0.25, -0.2) is 13.2 Å². The fourth-order valence-corrected chi connectivity index (χ4v) is 5.41. The molecule has 0 aliphatic carbocycles. The second-order valence-corrected chi connectivity index (χ2v) is 9.08. The van der Waals surface area contributed by atoms with Crippen molar-refractivity contribution < 1.29 is 22.5 Å². The van der Waals surface area contributed by atoms with E-state index in [2.05, 4.69) is 5.16 Å². The van der Waals surface area contributed by atoms with E-state index in [1.165, 1.54) is 16.4 Å². The Balaban J connectivity index is 1.82. The second-order valence-electron chi connectivity index (χ2n) is 5.83. The molecule has 1 aromatic carbocycles. The Kier molecular flexibility index (Phi) is 6.28. The number of esters is 1. The van der Waals surface area contributed by atoms with Gasteiger partial charge in [0, 0.05) is 19.2 Å². The molecule has 0 fully saturated rings. The molecule has 3 aromatic rings. The number of aromatic nitrogens is 1. The Morgan fingerprint density at radius 1 is 1.18 bits per heavy atom. The summed E-state index contributed by atoms with van der Waals surface area (Å²) in [6.45, 7) is 4.37. The van der Waals surface area contributed by atoms with Gasteiger partial charge in [-0.3, -0.25) is 0 Å². The highest BCUT2D eigenvalue weighted by atomic mass is 32.2. The normalized spacial score (nSPS) is 11.7. The van der Waals surface area contributed by atoms with Crippen LogP contribution in [0, 0.1) is 0 Å². The monoisotopic (exact) mass is 420 g/mol. The SMILES string of the molecule is CCOC(=O)c1cc(-c2ccc(S(=O)(=O)N(CC)Cc3ccccc3)s2)on1. The number of thiophene rings is 1. The van der Waals surface area contributed by atoms with Crippen molar-refractivity contribution in [3.05, 3.63) is 59.8 Å². The van der Waals surface area contributed by atoms with Crippen LogP contribution in [0.15, 0.2) is 57.3 Å². The minimum absolute atomic E-state index is 0.0499. The zero-order chi connectivity index (χ0) is 20.1. The largest absolute Gasteiger partial charge is 0.461 e. The van der Waals surface area contributed by atoms with E-state index in [1.54, 1.807) is 19.9 Å². The summed E-state index contributed by atoms with van der Waals surface area (Å²) < 4.78 is 37.7. The van der Waals surface area contributed by atoms with Crippen molar-refractivity contribution >= 4 is 27.3 Å². The van der Waals surface area contributed by atoms with Crippen molar-refractivity contribution in [2.24, 2.45) is 0 Å². The number of nitrogens with zero attached hydrogens (tertiary/aromatic N) is 2. The molecule has 0 unspecified atom stereocenters. The van der Waals surface area contributed by atoms with Crippen LogP contribution in [0.1, 0.15) is 29.9 Å². The topological polar surface area (TPSA) is 89.7 Å². The molecule has 28 heavy (non-hydrogen) atoms. The first-order valence-electron chi connectivity index (χ1n) is 8.73. The molecule has 9 heteroatoms. The number of carbonyl (C=O) groups excluding carboxylic acids is 1. The van der Waals surface area contributed by atoms with Crippen LogP contribution in [-0.4, -0.2) is 37.0 Å². The maximum absolute atomic E-state index is 13.0. The summed E-state index contributed by atoms with van der Waals surface area (Å²) in [5.41, 5.74) is 0.966. The molecule has 148 valence electrons. The molecule has 0 amide bonds. The number of rotatable bonds is 8. The standard InChI is InChI=1S/C19H20N2O5S2/c1-3-21(13-14-8-6-5-7-9-14)28(23,24)18-11-10-17(27-18)16-12-15(20-26-16)19(22)25-4-2/h5-12H,3-4,13H2,1-2H3. The van der Waals surface area contributed by atoms with E-state index in [-0.39, 0.29) is 16.5 Å². The van der Waals surface area contributed by atoms with E-state index in [1.807, 2.05) is 30.3 Å². The van der Waals surface area contributed by atoms with Gasteiger partial charge in [0.25, 0.3) is 10.0 Å². The number of benzene rings is 1. The smallest absolute Gasteiger partial charge is 0.360 e. The van der Waals surface area contributed by atoms with Gasteiger partial charge in [0.2, 0.25) is 0 Å². The van der Waals surface area contributed by atoms with Gasteiger partial charge in [-0.15, -0.1) is 11.3 Å². The van der Waals surface area contributed by atoms with Crippen molar-refractivity contribution in [1.29, 1.82) is 0 Å². The lowest BCUT2D eigenvalue weighted by Crippen LogP contribution is -2.29. The number of sulfonamides is 1. The summed E-state index contributed by atoms with van der Waals surface area (Å²) in [5.74, 6) is -0.262. The Labute approximate surface area is 167 Å². The van der Waals surface area contributed by atoms with E-state index < -0.39 is 16.0 Å². The predicted molar refractivity (Wildman–Crippen MR) is 105 cm³/mol. The van der Waals surface area contributed by atoms with Crippen LogP contribution in [-0.2, 0) is 21.3 Å². The second kappa shape index (κ2) is 8.68.